The molecule has 1 saturated carbocycles. The van der Waals surface area contributed by atoms with Crippen LogP contribution < -0.4 is 5.32 Å². The summed E-state index contributed by atoms with van der Waals surface area (Å²) in [5, 5.41) is 3.75. The van der Waals surface area contributed by atoms with Gasteiger partial charge in [0.05, 0.1) is 0 Å². The highest BCUT2D eigenvalue weighted by atomic mass is 15.0. The fraction of sp³-hybridized carbons (Fsp3) is 0.600. The smallest absolute Gasteiger partial charge is 0.0380 e. The molecule has 1 N–H and O–H groups in total. The van der Waals surface area contributed by atoms with Crippen LogP contribution >= 0.6 is 0 Å². The van der Waals surface area contributed by atoms with Gasteiger partial charge in [-0.15, -0.1) is 0 Å². The maximum absolute atomic E-state index is 3.75. The van der Waals surface area contributed by atoms with E-state index in [2.05, 4.69) is 43.4 Å². The van der Waals surface area contributed by atoms with Gasteiger partial charge >= 0.3 is 0 Å². The highest BCUT2D eigenvalue weighted by molar-refractivity contribution is 5.58. The van der Waals surface area contributed by atoms with E-state index in [4.69, 9.17) is 0 Å². The average molecular weight is 215 g/mol. The molecule has 0 aromatic heterocycles. The van der Waals surface area contributed by atoms with Crippen LogP contribution in [0.2, 0.25) is 0 Å². The predicted molar refractivity (Wildman–Crippen MR) is 68.8 cm³/mol. The SMILES string of the molecule is CC1(C)c2ccccc2NC2CCCCC21. The Kier molecular flexibility index (Phi) is 2.24. The zero-order valence-electron chi connectivity index (χ0n) is 10.3. The Balaban J connectivity index is 2.07. The van der Waals surface area contributed by atoms with E-state index in [1.165, 1.54) is 36.9 Å². The molecule has 1 nitrogen and oxygen atoms in total. The number of rotatable bonds is 0. The molecule has 1 aliphatic heterocycles. The zero-order chi connectivity index (χ0) is 11.2. The Morgan fingerprint density at radius 2 is 1.88 bits per heavy atom. The van der Waals surface area contributed by atoms with Crippen LogP contribution in [0.3, 0.4) is 0 Å². The van der Waals surface area contributed by atoms with Gasteiger partial charge in [0.15, 0.2) is 0 Å². The Hall–Kier alpha value is -0.980. The van der Waals surface area contributed by atoms with Gasteiger partial charge in [-0.2, -0.15) is 0 Å². The zero-order valence-corrected chi connectivity index (χ0v) is 10.3. The highest BCUT2D eigenvalue weighted by Crippen LogP contribution is 2.47. The lowest BCUT2D eigenvalue weighted by Gasteiger charge is -2.48. The largest absolute Gasteiger partial charge is 0.382 e. The van der Waals surface area contributed by atoms with Crippen molar-refractivity contribution in [2.75, 3.05) is 5.32 Å². The van der Waals surface area contributed by atoms with Crippen molar-refractivity contribution in [2.24, 2.45) is 5.92 Å². The summed E-state index contributed by atoms with van der Waals surface area (Å²) in [7, 11) is 0. The maximum Gasteiger partial charge on any atom is 0.0380 e. The summed E-state index contributed by atoms with van der Waals surface area (Å²) < 4.78 is 0. The Bertz CT molecular complexity index is 394. The van der Waals surface area contributed by atoms with Gasteiger partial charge in [0.1, 0.15) is 0 Å². The van der Waals surface area contributed by atoms with Gasteiger partial charge in [0, 0.05) is 11.7 Å². The molecular formula is C15H21N. The summed E-state index contributed by atoms with van der Waals surface area (Å²) >= 11 is 0. The van der Waals surface area contributed by atoms with E-state index in [1.54, 1.807) is 0 Å². The fourth-order valence-electron chi connectivity index (χ4n) is 3.74. The third-order valence-corrected chi connectivity index (χ3v) is 4.66. The first kappa shape index (κ1) is 10.2. The first-order chi connectivity index (χ1) is 7.69. The van der Waals surface area contributed by atoms with Crippen LogP contribution in [0, 0.1) is 5.92 Å². The Morgan fingerprint density at radius 3 is 2.75 bits per heavy atom. The highest BCUT2D eigenvalue weighted by Gasteiger charge is 2.42. The molecule has 0 bridgehead atoms. The van der Waals surface area contributed by atoms with Gasteiger partial charge in [-0.3, -0.25) is 0 Å². The topological polar surface area (TPSA) is 12.0 Å². The molecule has 16 heavy (non-hydrogen) atoms. The minimum absolute atomic E-state index is 0.340. The second-order valence-electron chi connectivity index (χ2n) is 5.91. The molecule has 2 atom stereocenters. The summed E-state index contributed by atoms with van der Waals surface area (Å²) in [6.45, 7) is 4.85. The van der Waals surface area contributed by atoms with Crippen molar-refractivity contribution in [3.05, 3.63) is 29.8 Å². The number of hydrogen-bond acceptors (Lipinski definition) is 1. The second-order valence-corrected chi connectivity index (χ2v) is 5.91. The van der Waals surface area contributed by atoms with Crippen molar-refractivity contribution >= 4 is 5.69 Å². The summed E-state index contributed by atoms with van der Waals surface area (Å²) in [5.41, 5.74) is 3.22. The molecule has 2 unspecified atom stereocenters. The Morgan fingerprint density at radius 1 is 1.12 bits per heavy atom. The van der Waals surface area contributed by atoms with Crippen molar-refractivity contribution in [1.29, 1.82) is 0 Å². The second kappa shape index (κ2) is 3.51. The molecule has 1 heterocycles. The number of hydrogen-bond donors (Lipinski definition) is 1. The van der Waals surface area contributed by atoms with Crippen LogP contribution in [0.1, 0.15) is 45.1 Å². The van der Waals surface area contributed by atoms with Gasteiger partial charge in [-0.25, -0.2) is 0 Å². The predicted octanol–water partition coefficient (Wildman–Crippen LogP) is 3.95. The first-order valence-electron chi connectivity index (χ1n) is 6.55. The standard InChI is InChI=1S/C15H21N/c1-15(2)11-7-3-5-9-13(11)16-14-10-6-4-8-12(14)15/h3,5,7,9,12,14,16H,4,6,8,10H2,1-2H3. The number of nitrogens with one attached hydrogen (secondary N) is 1. The molecule has 2 aliphatic rings. The molecule has 0 spiro atoms. The van der Waals surface area contributed by atoms with Crippen molar-refractivity contribution < 1.29 is 0 Å². The number of benzene rings is 1. The summed E-state index contributed by atoms with van der Waals surface area (Å²) in [4.78, 5) is 0. The molecule has 86 valence electrons. The monoisotopic (exact) mass is 215 g/mol. The number of anilines is 1. The van der Waals surface area contributed by atoms with Crippen LogP contribution in [0.4, 0.5) is 5.69 Å². The lowest BCUT2D eigenvalue weighted by molar-refractivity contribution is 0.205. The van der Waals surface area contributed by atoms with E-state index in [-0.39, 0.29) is 0 Å². The third kappa shape index (κ3) is 1.37. The van der Waals surface area contributed by atoms with Crippen molar-refractivity contribution in [3.63, 3.8) is 0 Å². The minimum Gasteiger partial charge on any atom is -0.382 e. The van der Waals surface area contributed by atoms with Crippen LogP contribution in [-0.4, -0.2) is 6.04 Å². The average Bonchev–Trinajstić information content (AvgIpc) is 2.29. The third-order valence-electron chi connectivity index (χ3n) is 4.66. The molecule has 0 amide bonds. The van der Waals surface area contributed by atoms with Crippen molar-refractivity contribution in [3.8, 4) is 0 Å². The van der Waals surface area contributed by atoms with E-state index in [0.717, 1.165) is 5.92 Å². The van der Waals surface area contributed by atoms with E-state index in [9.17, 15) is 0 Å². The summed E-state index contributed by atoms with van der Waals surface area (Å²) in [6, 6.07) is 9.56. The van der Waals surface area contributed by atoms with Crippen LogP contribution in [0.15, 0.2) is 24.3 Å². The molecule has 0 radical (unpaired) electrons. The summed E-state index contributed by atoms with van der Waals surface area (Å²) in [6.07, 6.45) is 5.54. The van der Waals surface area contributed by atoms with E-state index >= 15 is 0 Å². The lowest BCUT2D eigenvalue weighted by Crippen LogP contribution is -2.47. The lowest BCUT2D eigenvalue weighted by atomic mass is 9.63. The minimum atomic E-state index is 0.340. The molecule has 1 heteroatoms. The van der Waals surface area contributed by atoms with Gasteiger partial charge in [0.2, 0.25) is 0 Å². The maximum atomic E-state index is 3.75. The van der Waals surface area contributed by atoms with Gasteiger partial charge < -0.3 is 5.32 Å². The first-order valence-corrected chi connectivity index (χ1v) is 6.55. The number of fused-ring (bicyclic) bond motifs is 2. The summed E-state index contributed by atoms with van der Waals surface area (Å²) in [5.74, 6) is 0.816. The van der Waals surface area contributed by atoms with E-state index in [0.29, 0.717) is 11.5 Å². The molecule has 1 aliphatic carbocycles. The molecule has 0 saturated heterocycles. The van der Waals surface area contributed by atoms with E-state index < -0.39 is 0 Å². The molecule has 1 fully saturated rings. The van der Waals surface area contributed by atoms with Crippen molar-refractivity contribution in [1.82, 2.24) is 0 Å². The van der Waals surface area contributed by atoms with Crippen molar-refractivity contribution in [2.45, 2.75) is 51.0 Å². The number of para-hydroxylation sites is 1. The fourth-order valence-corrected chi connectivity index (χ4v) is 3.74. The molecular weight excluding hydrogens is 194 g/mol. The quantitative estimate of drug-likeness (QED) is 0.691. The normalized spacial score (nSPS) is 31.1. The molecule has 3 rings (SSSR count). The van der Waals surface area contributed by atoms with E-state index in [1.807, 2.05) is 0 Å². The van der Waals surface area contributed by atoms with Gasteiger partial charge in [-0.1, -0.05) is 44.9 Å². The molecule has 1 aromatic rings. The van der Waals surface area contributed by atoms with Crippen LogP contribution in [0.25, 0.3) is 0 Å². The Labute approximate surface area is 98.3 Å². The van der Waals surface area contributed by atoms with Crippen LogP contribution in [-0.2, 0) is 5.41 Å². The van der Waals surface area contributed by atoms with Crippen LogP contribution in [0.5, 0.6) is 0 Å². The van der Waals surface area contributed by atoms with Gasteiger partial charge in [0.25, 0.3) is 0 Å². The molecule has 1 aromatic carbocycles. The van der Waals surface area contributed by atoms with Gasteiger partial charge in [-0.05, 0) is 35.8 Å².